The van der Waals surface area contributed by atoms with Crippen molar-refractivity contribution in [2.24, 2.45) is 0 Å². The van der Waals surface area contributed by atoms with E-state index in [1.807, 2.05) is 12.1 Å². The lowest BCUT2D eigenvalue weighted by atomic mass is 10.0. The van der Waals surface area contributed by atoms with E-state index in [2.05, 4.69) is 216 Å². The maximum Gasteiger partial charge on any atom is 0.135 e. The first-order valence-corrected chi connectivity index (χ1v) is 19.4. The number of para-hydroxylation sites is 3. The van der Waals surface area contributed by atoms with Gasteiger partial charge in [-0.3, -0.25) is 0 Å². The smallest absolute Gasteiger partial charge is 0.135 e. The van der Waals surface area contributed by atoms with Crippen molar-refractivity contribution >= 4 is 60.8 Å². The van der Waals surface area contributed by atoms with Gasteiger partial charge in [-0.2, -0.15) is 0 Å². The lowest BCUT2D eigenvalue weighted by molar-refractivity contribution is 0.669. The Morgan fingerprint density at radius 3 is 1.72 bits per heavy atom. The van der Waals surface area contributed by atoms with Crippen molar-refractivity contribution in [3.05, 3.63) is 218 Å². The van der Waals surface area contributed by atoms with Crippen LogP contribution >= 0.6 is 0 Å². The van der Waals surface area contributed by atoms with Crippen molar-refractivity contribution in [2.45, 2.75) is 0 Å². The van der Waals surface area contributed by atoms with Gasteiger partial charge in [0.25, 0.3) is 0 Å². The summed E-state index contributed by atoms with van der Waals surface area (Å²) in [5.41, 5.74) is 15.6. The molecule has 268 valence electrons. The van der Waals surface area contributed by atoms with E-state index in [1.54, 1.807) is 0 Å². The molecule has 0 aliphatic carbocycles. The third-order valence-corrected chi connectivity index (χ3v) is 11.2. The minimum atomic E-state index is 0.879. The Morgan fingerprint density at radius 1 is 0.316 bits per heavy atom. The van der Waals surface area contributed by atoms with Crippen LogP contribution in [-0.2, 0) is 0 Å². The Balaban J connectivity index is 1.07. The topological polar surface area (TPSA) is 21.3 Å². The van der Waals surface area contributed by atoms with Crippen LogP contribution in [0.25, 0.3) is 82.8 Å². The van der Waals surface area contributed by atoms with E-state index in [9.17, 15) is 0 Å². The van der Waals surface area contributed by atoms with Crippen LogP contribution in [0.3, 0.4) is 0 Å². The Bertz CT molecular complexity index is 3230. The van der Waals surface area contributed by atoms with Crippen molar-refractivity contribution < 1.29 is 4.42 Å². The lowest BCUT2D eigenvalue weighted by Gasteiger charge is -2.26. The van der Waals surface area contributed by atoms with Crippen LogP contribution in [0.4, 0.5) is 17.1 Å². The standard InChI is InChI=1S/C54H36N2O/c1-3-14-37(15-4-1)39-26-29-42(30-27-39)55(44-31-33-54-49(36-44)47-22-9-12-25-53(47)57-54)43-19-13-18-41(34-43)45-20-7-10-23-50(45)56-51-24-11-8-21-46(51)48-35-40(28-32-52(48)56)38-16-5-2-6-17-38/h1-36H. The molecule has 0 fully saturated rings. The number of benzene rings is 9. The van der Waals surface area contributed by atoms with Crippen LogP contribution in [0.1, 0.15) is 0 Å². The van der Waals surface area contributed by atoms with Crippen molar-refractivity contribution in [3.63, 3.8) is 0 Å². The number of furan rings is 1. The lowest BCUT2D eigenvalue weighted by Crippen LogP contribution is -2.10. The molecule has 0 atom stereocenters. The number of hydrogen-bond donors (Lipinski definition) is 0. The molecule has 2 aromatic heterocycles. The van der Waals surface area contributed by atoms with E-state index < -0.39 is 0 Å². The van der Waals surface area contributed by atoms with Gasteiger partial charge >= 0.3 is 0 Å². The van der Waals surface area contributed by atoms with Gasteiger partial charge in [0.15, 0.2) is 0 Å². The maximum atomic E-state index is 6.26. The van der Waals surface area contributed by atoms with E-state index >= 15 is 0 Å². The van der Waals surface area contributed by atoms with E-state index in [0.717, 1.165) is 55.8 Å². The van der Waals surface area contributed by atoms with Crippen molar-refractivity contribution in [1.29, 1.82) is 0 Å². The van der Waals surface area contributed by atoms with Gasteiger partial charge < -0.3 is 13.9 Å². The third kappa shape index (κ3) is 5.68. The summed E-state index contributed by atoms with van der Waals surface area (Å²) >= 11 is 0. The Hall–Kier alpha value is -7.62. The molecule has 0 aliphatic rings. The van der Waals surface area contributed by atoms with E-state index in [0.29, 0.717) is 0 Å². The molecule has 0 amide bonds. The summed E-state index contributed by atoms with van der Waals surface area (Å²) in [5, 5.41) is 4.68. The zero-order chi connectivity index (χ0) is 37.7. The van der Waals surface area contributed by atoms with Crippen molar-refractivity contribution in [1.82, 2.24) is 4.57 Å². The fraction of sp³-hybridized carbons (Fsp3) is 0. The highest BCUT2D eigenvalue weighted by Gasteiger charge is 2.19. The first kappa shape index (κ1) is 32.8. The highest BCUT2D eigenvalue weighted by atomic mass is 16.3. The molecule has 0 radical (unpaired) electrons. The number of hydrogen-bond acceptors (Lipinski definition) is 2. The molecule has 9 aromatic carbocycles. The number of nitrogens with zero attached hydrogens (tertiary/aromatic N) is 2. The summed E-state index contributed by atoms with van der Waals surface area (Å²) in [6, 6.07) is 78.2. The second-order valence-electron chi connectivity index (χ2n) is 14.5. The molecule has 11 aromatic rings. The molecule has 57 heavy (non-hydrogen) atoms. The van der Waals surface area contributed by atoms with E-state index in [4.69, 9.17) is 4.42 Å². The van der Waals surface area contributed by atoms with Crippen LogP contribution < -0.4 is 4.90 Å². The number of aromatic nitrogens is 1. The maximum absolute atomic E-state index is 6.26. The molecule has 3 nitrogen and oxygen atoms in total. The van der Waals surface area contributed by atoms with Crippen LogP contribution in [0.5, 0.6) is 0 Å². The third-order valence-electron chi connectivity index (χ3n) is 11.2. The van der Waals surface area contributed by atoms with Gasteiger partial charge in [-0.1, -0.05) is 146 Å². The Labute approximate surface area is 330 Å². The average Bonchev–Trinajstić information content (AvgIpc) is 3.82. The highest BCUT2D eigenvalue weighted by Crippen LogP contribution is 2.42. The summed E-state index contributed by atoms with van der Waals surface area (Å²) in [5.74, 6) is 0. The normalized spacial score (nSPS) is 11.5. The summed E-state index contributed by atoms with van der Waals surface area (Å²) in [4.78, 5) is 2.35. The molecule has 0 spiro atoms. The van der Waals surface area contributed by atoms with Gasteiger partial charge in [-0.05, 0) is 101 Å². The molecule has 0 saturated heterocycles. The van der Waals surface area contributed by atoms with Crippen LogP contribution in [0, 0.1) is 0 Å². The molecule has 0 saturated carbocycles. The minimum absolute atomic E-state index is 0.879. The summed E-state index contributed by atoms with van der Waals surface area (Å²) in [7, 11) is 0. The van der Waals surface area contributed by atoms with Crippen LogP contribution in [0.2, 0.25) is 0 Å². The second kappa shape index (κ2) is 13.6. The number of rotatable bonds is 7. The Kier molecular flexibility index (Phi) is 7.82. The molecule has 0 bridgehead atoms. The summed E-state index contributed by atoms with van der Waals surface area (Å²) < 4.78 is 8.69. The molecule has 0 unspecified atom stereocenters. The monoisotopic (exact) mass is 728 g/mol. The summed E-state index contributed by atoms with van der Waals surface area (Å²) in [6.07, 6.45) is 0. The molecule has 0 aliphatic heterocycles. The average molecular weight is 729 g/mol. The molecule has 3 heteroatoms. The van der Waals surface area contributed by atoms with Gasteiger partial charge in [0.2, 0.25) is 0 Å². The molecule has 2 heterocycles. The molecular formula is C54H36N2O. The quantitative estimate of drug-likeness (QED) is 0.163. The van der Waals surface area contributed by atoms with Crippen LogP contribution in [-0.4, -0.2) is 4.57 Å². The molecule has 11 rings (SSSR count). The van der Waals surface area contributed by atoms with Gasteiger partial charge in [0.1, 0.15) is 11.2 Å². The highest BCUT2D eigenvalue weighted by molar-refractivity contribution is 6.11. The first-order chi connectivity index (χ1) is 28.3. The predicted molar refractivity (Wildman–Crippen MR) is 239 cm³/mol. The second-order valence-corrected chi connectivity index (χ2v) is 14.5. The van der Waals surface area contributed by atoms with Crippen LogP contribution in [0.15, 0.2) is 223 Å². The summed E-state index contributed by atoms with van der Waals surface area (Å²) in [6.45, 7) is 0. The first-order valence-electron chi connectivity index (χ1n) is 19.4. The Morgan fingerprint density at radius 2 is 0.895 bits per heavy atom. The zero-order valence-corrected chi connectivity index (χ0v) is 31.1. The molecule has 0 N–H and O–H groups in total. The predicted octanol–water partition coefficient (Wildman–Crippen LogP) is 15.2. The van der Waals surface area contributed by atoms with Crippen molar-refractivity contribution in [2.75, 3.05) is 4.90 Å². The van der Waals surface area contributed by atoms with Gasteiger partial charge in [0.05, 0.1) is 16.7 Å². The SMILES string of the molecule is c1ccc(-c2ccc(N(c3cccc(-c4ccccc4-n4c5ccccc5c5cc(-c6ccccc6)ccc54)c3)c3ccc4oc5ccccc5c4c3)cc2)cc1. The fourth-order valence-electron chi connectivity index (χ4n) is 8.50. The zero-order valence-electron chi connectivity index (χ0n) is 31.1. The number of fused-ring (bicyclic) bond motifs is 6. The van der Waals surface area contributed by atoms with E-state index in [1.165, 1.54) is 44.1 Å². The van der Waals surface area contributed by atoms with Gasteiger partial charge in [-0.25, -0.2) is 0 Å². The van der Waals surface area contributed by atoms with Gasteiger partial charge in [-0.15, -0.1) is 0 Å². The van der Waals surface area contributed by atoms with Crippen molar-refractivity contribution in [3.8, 4) is 39.1 Å². The minimum Gasteiger partial charge on any atom is -0.456 e. The largest absolute Gasteiger partial charge is 0.456 e. The molecular weight excluding hydrogens is 693 g/mol. The fourth-order valence-corrected chi connectivity index (χ4v) is 8.50. The number of anilines is 3. The van der Waals surface area contributed by atoms with E-state index in [-0.39, 0.29) is 0 Å². The van der Waals surface area contributed by atoms with Gasteiger partial charge in [0, 0.05) is 44.2 Å².